The summed E-state index contributed by atoms with van der Waals surface area (Å²) in [7, 11) is 0. The van der Waals surface area contributed by atoms with Gasteiger partial charge in [-0.15, -0.1) is 0 Å². The molecule has 2 aromatic heterocycles. The molecule has 1 aromatic carbocycles. The van der Waals surface area contributed by atoms with Crippen molar-refractivity contribution >= 4 is 22.8 Å². The topological polar surface area (TPSA) is 89.3 Å². The maximum absolute atomic E-state index is 12.4. The smallest absolute Gasteiger partial charge is 0.256 e. The summed E-state index contributed by atoms with van der Waals surface area (Å²) in [6, 6.07) is 10.8. The Morgan fingerprint density at radius 1 is 1.31 bits per heavy atom. The summed E-state index contributed by atoms with van der Waals surface area (Å²) < 4.78 is 7.81. The molecule has 0 bridgehead atoms. The third-order valence-electron chi connectivity index (χ3n) is 4.69. The van der Waals surface area contributed by atoms with E-state index >= 15 is 0 Å². The minimum absolute atomic E-state index is 0.170. The lowest BCUT2D eigenvalue weighted by molar-refractivity contribution is -0.0180. The minimum Gasteiger partial charge on any atom is -0.390 e. The molecule has 0 radical (unpaired) electrons. The number of aliphatic hydroxyl groups excluding tert-OH is 1. The number of rotatable bonds is 4. The molecule has 1 aliphatic heterocycles. The molecule has 1 saturated heterocycles. The van der Waals surface area contributed by atoms with Crippen LogP contribution < -0.4 is 5.32 Å². The standard InChI is InChI=1S/C19H20N4O3/c1-2-15-14(24)10-16(26-15)23-9-8-13-17(20-11-21-18(13)23)22-19(25)12-6-4-3-5-7-12/h3-9,11,14-16,24H,2,10H2,1H3,(H,20,21,22,25)/t14-,15+,16+/m0/s1. The van der Waals surface area contributed by atoms with Crippen LogP contribution in [0.3, 0.4) is 0 Å². The van der Waals surface area contributed by atoms with Gasteiger partial charge in [-0.1, -0.05) is 25.1 Å². The van der Waals surface area contributed by atoms with E-state index in [0.29, 0.717) is 23.4 Å². The molecule has 0 aliphatic carbocycles. The normalized spacial score (nSPS) is 22.6. The number of carbonyl (C=O) groups excluding carboxylic acids is 1. The Hall–Kier alpha value is -2.77. The predicted octanol–water partition coefficient (Wildman–Crippen LogP) is 2.74. The number of nitrogens with one attached hydrogen (secondary N) is 1. The van der Waals surface area contributed by atoms with Crippen LogP contribution in [0.25, 0.3) is 11.0 Å². The van der Waals surface area contributed by atoms with Gasteiger partial charge in [0.15, 0.2) is 0 Å². The van der Waals surface area contributed by atoms with Crippen molar-refractivity contribution in [3.63, 3.8) is 0 Å². The van der Waals surface area contributed by atoms with Gasteiger partial charge < -0.3 is 19.7 Å². The summed E-state index contributed by atoms with van der Waals surface area (Å²) in [5.41, 5.74) is 1.23. The predicted molar refractivity (Wildman–Crippen MR) is 96.7 cm³/mol. The third-order valence-corrected chi connectivity index (χ3v) is 4.69. The van der Waals surface area contributed by atoms with Gasteiger partial charge in [0.1, 0.15) is 24.0 Å². The number of aliphatic hydroxyl groups is 1. The molecule has 0 spiro atoms. The number of ether oxygens (including phenoxy) is 1. The lowest BCUT2D eigenvalue weighted by Gasteiger charge is -2.15. The average Bonchev–Trinajstić information content (AvgIpc) is 3.26. The monoisotopic (exact) mass is 352 g/mol. The van der Waals surface area contributed by atoms with Crippen molar-refractivity contribution in [1.29, 1.82) is 0 Å². The van der Waals surface area contributed by atoms with Crippen molar-refractivity contribution in [2.45, 2.75) is 38.2 Å². The Morgan fingerprint density at radius 2 is 2.12 bits per heavy atom. The van der Waals surface area contributed by atoms with Crippen molar-refractivity contribution in [3.05, 3.63) is 54.5 Å². The van der Waals surface area contributed by atoms with Gasteiger partial charge in [-0.3, -0.25) is 4.79 Å². The average molecular weight is 352 g/mol. The second kappa shape index (κ2) is 6.86. The molecule has 134 valence electrons. The number of aromatic nitrogens is 3. The molecule has 0 saturated carbocycles. The number of nitrogens with zero attached hydrogens (tertiary/aromatic N) is 3. The first-order valence-corrected chi connectivity index (χ1v) is 8.69. The van der Waals surface area contributed by atoms with E-state index in [2.05, 4.69) is 15.3 Å². The molecule has 26 heavy (non-hydrogen) atoms. The Balaban J connectivity index is 1.63. The highest BCUT2D eigenvalue weighted by atomic mass is 16.5. The van der Waals surface area contributed by atoms with Crippen LogP contribution >= 0.6 is 0 Å². The van der Waals surface area contributed by atoms with Crippen molar-refractivity contribution in [3.8, 4) is 0 Å². The van der Waals surface area contributed by atoms with Gasteiger partial charge in [-0.05, 0) is 24.6 Å². The SMILES string of the molecule is CC[C@H]1O[C@@H](n2ccc3c(NC(=O)c4ccccc4)ncnc32)C[C@@H]1O. The van der Waals surface area contributed by atoms with Gasteiger partial charge in [-0.25, -0.2) is 9.97 Å². The first kappa shape index (κ1) is 16.7. The van der Waals surface area contributed by atoms with E-state index in [1.807, 2.05) is 42.0 Å². The molecule has 2 N–H and O–H groups in total. The Labute approximate surface area is 150 Å². The summed E-state index contributed by atoms with van der Waals surface area (Å²) in [6.07, 6.45) is 3.61. The molecule has 1 amide bonds. The number of carbonyl (C=O) groups is 1. The van der Waals surface area contributed by atoms with Crippen LogP contribution in [0.4, 0.5) is 5.82 Å². The van der Waals surface area contributed by atoms with E-state index in [9.17, 15) is 9.90 Å². The molecule has 7 nitrogen and oxygen atoms in total. The zero-order valence-electron chi connectivity index (χ0n) is 14.4. The van der Waals surface area contributed by atoms with Crippen LogP contribution in [-0.4, -0.2) is 37.8 Å². The number of hydrogen-bond donors (Lipinski definition) is 2. The zero-order chi connectivity index (χ0) is 18.1. The number of hydrogen-bond acceptors (Lipinski definition) is 5. The zero-order valence-corrected chi connectivity index (χ0v) is 14.4. The van der Waals surface area contributed by atoms with Crippen LogP contribution in [0, 0.1) is 0 Å². The minimum atomic E-state index is -0.485. The fourth-order valence-electron chi connectivity index (χ4n) is 3.33. The maximum atomic E-state index is 12.4. The molecule has 1 aliphatic rings. The highest BCUT2D eigenvalue weighted by Gasteiger charge is 2.34. The molecular weight excluding hydrogens is 332 g/mol. The Bertz CT molecular complexity index is 925. The van der Waals surface area contributed by atoms with Crippen molar-refractivity contribution in [1.82, 2.24) is 14.5 Å². The molecule has 0 unspecified atom stereocenters. The highest BCUT2D eigenvalue weighted by Crippen LogP contribution is 2.33. The molecular formula is C19H20N4O3. The number of amides is 1. The van der Waals surface area contributed by atoms with Crippen molar-refractivity contribution < 1.29 is 14.6 Å². The van der Waals surface area contributed by atoms with Gasteiger partial charge in [-0.2, -0.15) is 0 Å². The van der Waals surface area contributed by atoms with Crippen LogP contribution in [-0.2, 0) is 4.74 Å². The van der Waals surface area contributed by atoms with Gasteiger partial charge >= 0.3 is 0 Å². The van der Waals surface area contributed by atoms with Crippen LogP contribution in [0.15, 0.2) is 48.9 Å². The van der Waals surface area contributed by atoms with Crippen LogP contribution in [0.5, 0.6) is 0 Å². The molecule has 1 fully saturated rings. The molecule has 3 atom stereocenters. The van der Waals surface area contributed by atoms with Crippen molar-refractivity contribution in [2.24, 2.45) is 0 Å². The fourth-order valence-corrected chi connectivity index (χ4v) is 3.33. The Morgan fingerprint density at radius 3 is 2.85 bits per heavy atom. The second-order valence-corrected chi connectivity index (χ2v) is 6.34. The summed E-state index contributed by atoms with van der Waals surface area (Å²) in [6.45, 7) is 1.99. The third kappa shape index (κ3) is 2.95. The maximum Gasteiger partial charge on any atom is 0.256 e. The van der Waals surface area contributed by atoms with E-state index in [1.165, 1.54) is 6.33 Å². The first-order chi connectivity index (χ1) is 12.7. The van der Waals surface area contributed by atoms with Gasteiger partial charge in [0.25, 0.3) is 5.91 Å². The van der Waals surface area contributed by atoms with Gasteiger partial charge in [0.2, 0.25) is 0 Å². The van der Waals surface area contributed by atoms with Gasteiger partial charge in [0, 0.05) is 18.2 Å². The Kier molecular flexibility index (Phi) is 4.40. The number of anilines is 1. The van der Waals surface area contributed by atoms with Gasteiger partial charge in [0.05, 0.1) is 17.6 Å². The number of benzene rings is 1. The summed E-state index contributed by atoms with van der Waals surface area (Å²) >= 11 is 0. The summed E-state index contributed by atoms with van der Waals surface area (Å²) in [5, 5.41) is 13.7. The molecule has 3 aromatic rings. The second-order valence-electron chi connectivity index (χ2n) is 6.34. The quantitative estimate of drug-likeness (QED) is 0.754. The van der Waals surface area contributed by atoms with E-state index in [0.717, 1.165) is 11.8 Å². The van der Waals surface area contributed by atoms with E-state index < -0.39 is 6.10 Å². The van der Waals surface area contributed by atoms with Crippen LogP contribution in [0.2, 0.25) is 0 Å². The first-order valence-electron chi connectivity index (χ1n) is 8.69. The lowest BCUT2D eigenvalue weighted by Crippen LogP contribution is -2.19. The van der Waals surface area contributed by atoms with E-state index in [4.69, 9.17) is 4.74 Å². The molecule has 4 rings (SSSR count). The van der Waals surface area contributed by atoms with Crippen molar-refractivity contribution in [2.75, 3.05) is 5.32 Å². The molecule has 7 heteroatoms. The molecule has 3 heterocycles. The van der Waals surface area contributed by atoms with E-state index in [1.54, 1.807) is 12.1 Å². The van der Waals surface area contributed by atoms with Crippen LogP contribution in [0.1, 0.15) is 36.4 Å². The number of fused-ring (bicyclic) bond motifs is 1. The summed E-state index contributed by atoms with van der Waals surface area (Å²) in [4.78, 5) is 21.0. The largest absolute Gasteiger partial charge is 0.390 e. The van der Waals surface area contributed by atoms with E-state index in [-0.39, 0.29) is 18.2 Å². The fraction of sp³-hybridized carbons (Fsp3) is 0.316. The lowest BCUT2D eigenvalue weighted by atomic mass is 10.1. The highest BCUT2D eigenvalue weighted by molar-refractivity contribution is 6.07. The summed E-state index contributed by atoms with van der Waals surface area (Å²) in [5.74, 6) is 0.227.